The van der Waals surface area contributed by atoms with Gasteiger partial charge in [0.2, 0.25) is 0 Å². The molecule has 2 aromatic heterocycles. The van der Waals surface area contributed by atoms with Crippen LogP contribution in [-0.2, 0) is 0 Å². The summed E-state index contributed by atoms with van der Waals surface area (Å²) in [5.74, 6) is 0.979. The number of aromatic nitrogens is 3. The van der Waals surface area contributed by atoms with Crippen LogP contribution < -0.4 is 11.1 Å². The fourth-order valence-corrected chi connectivity index (χ4v) is 3.36. The van der Waals surface area contributed by atoms with Gasteiger partial charge in [0.05, 0.1) is 17.0 Å². The lowest BCUT2D eigenvalue weighted by Gasteiger charge is -2.17. The number of nitrogens with two attached hydrogens (primary N) is 1. The predicted octanol–water partition coefficient (Wildman–Crippen LogP) is 4.34. The van der Waals surface area contributed by atoms with Crippen LogP contribution >= 0.6 is 0 Å². The molecule has 1 fully saturated rings. The van der Waals surface area contributed by atoms with E-state index in [0.717, 1.165) is 23.7 Å². The third kappa shape index (κ3) is 3.54. The Morgan fingerprint density at radius 3 is 2.65 bits per heavy atom. The summed E-state index contributed by atoms with van der Waals surface area (Å²) in [7, 11) is 0. The van der Waals surface area contributed by atoms with Crippen LogP contribution in [-0.4, -0.2) is 26.7 Å². The molecule has 0 saturated heterocycles. The van der Waals surface area contributed by atoms with Crippen LogP contribution in [0.3, 0.4) is 0 Å². The number of hydrogen-bond acceptors (Lipinski definition) is 5. The molecule has 2 heterocycles. The van der Waals surface area contributed by atoms with E-state index in [2.05, 4.69) is 20.3 Å². The highest BCUT2D eigenvalue weighted by atomic mass is 15.1. The molecule has 0 radical (unpaired) electrons. The van der Waals surface area contributed by atoms with Crippen molar-refractivity contribution in [3.63, 3.8) is 0 Å². The maximum Gasteiger partial charge on any atom is 0.141 e. The van der Waals surface area contributed by atoms with Crippen LogP contribution in [0.5, 0.6) is 0 Å². The molecule has 136 valence electrons. The average molecular weight is 350 g/mol. The molecule has 1 aliphatic carbocycles. The summed E-state index contributed by atoms with van der Waals surface area (Å²) in [4.78, 5) is 11.7. The number of H-pyrrole nitrogens is 1. The molecule has 0 atom stereocenters. The van der Waals surface area contributed by atoms with Gasteiger partial charge in [0.1, 0.15) is 18.0 Å². The van der Waals surface area contributed by atoms with Crippen molar-refractivity contribution in [2.45, 2.75) is 45.6 Å². The van der Waals surface area contributed by atoms with Gasteiger partial charge >= 0.3 is 0 Å². The summed E-state index contributed by atoms with van der Waals surface area (Å²) in [6.45, 7) is 4.00. The molecule has 6 heteroatoms. The summed E-state index contributed by atoms with van der Waals surface area (Å²) in [5.41, 5.74) is 8.67. The molecular formula is C20H26N6. The maximum atomic E-state index is 8.63. The highest BCUT2D eigenvalue weighted by Crippen LogP contribution is 2.27. The number of anilines is 2. The highest BCUT2D eigenvalue weighted by Gasteiger charge is 2.21. The second-order valence-electron chi connectivity index (χ2n) is 6.25. The molecule has 6 nitrogen and oxygen atoms in total. The molecule has 4 rings (SSSR count). The minimum absolute atomic E-state index is 0.310. The smallest absolute Gasteiger partial charge is 0.141 e. The quantitative estimate of drug-likeness (QED) is 0.526. The molecule has 1 aromatic carbocycles. The first-order valence-electron chi connectivity index (χ1n) is 9.26. The maximum absolute atomic E-state index is 8.63. The van der Waals surface area contributed by atoms with Crippen molar-refractivity contribution in [3.05, 3.63) is 47.9 Å². The zero-order valence-corrected chi connectivity index (χ0v) is 15.3. The predicted molar refractivity (Wildman–Crippen MR) is 108 cm³/mol. The summed E-state index contributed by atoms with van der Waals surface area (Å²) in [5, 5.41) is 13.1. The second kappa shape index (κ2) is 7.99. The lowest BCUT2D eigenvalue weighted by Crippen LogP contribution is -2.20. The van der Waals surface area contributed by atoms with Gasteiger partial charge in [-0.25, -0.2) is 9.97 Å². The summed E-state index contributed by atoms with van der Waals surface area (Å²) >= 11 is 0. The number of hydrogen-bond donors (Lipinski definition) is 4. The fraction of sp³-hybridized carbons (Fsp3) is 0.350. The van der Waals surface area contributed by atoms with Gasteiger partial charge in [-0.2, -0.15) is 0 Å². The van der Waals surface area contributed by atoms with Gasteiger partial charge in [0.15, 0.2) is 0 Å². The van der Waals surface area contributed by atoms with E-state index in [1.807, 2.05) is 44.2 Å². The Labute approximate surface area is 153 Å². The molecule has 0 spiro atoms. The van der Waals surface area contributed by atoms with Crippen LogP contribution in [0, 0.1) is 5.41 Å². The number of rotatable bonds is 4. The lowest BCUT2D eigenvalue weighted by molar-refractivity contribution is 0.749. The molecule has 0 unspecified atom stereocenters. The van der Waals surface area contributed by atoms with E-state index in [4.69, 9.17) is 11.1 Å². The molecule has 0 bridgehead atoms. The van der Waals surface area contributed by atoms with E-state index in [1.165, 1.54) is 19.2 Å². The van der Waals surface area contributed by atoms with E-state index in [0.29, 0.717) is 34.6 Å². The third-order valence-corrected chi connectivity index (χ3v) is 4.62. The summed E-state index contributed by atoms with van der Waals surface area (Å²) in [6.07, 6.45) is 6.17. The third-order valence-electron chi connectivity index (χ3n) is 4.62. The molecule has 26 heavy (non-hydrogen) atoms. The molecule has 0 amide bonds. The molecule has 1 saturated carbocycles. The summed E-state index contributed by atoms with van der Waals surface area (Å²) < 4.78 is 0. The Morgan fingerprint density at radius 2 is 1.92 bits per heavy atom. The van der Waals surface area contributed by atoms with Crippen molar-refractivity contribution >= 4 is 28.3 Å². The minimum atomic E-state index is 0.310. The van der Waals surface area contributed by atoms with Gasteiger partial charge in [0, 0.05) is 16.9 Å². The fourth-order valence-electron chi connectivity index (χ4n) is 3.36. The van der Waals surface area contributed by atoms with Crippen LogP contribution in [0.4, 0.5) is 11.6 Å². The number of nitrogens with one attached hydrogen (secondary N) is 3. The summed E-state index contributed by atoms with van der Waals surface area (Å²) in [6, 6.07) is 10.3. The topological polar surface area (TPSA) is 103 Å². The van der Waals surface area contributed by atoms with Crippen molar-refractivity contribution in [1.82, 2.24) is 15.0 Å². The van der Waals surface area contributed by atoms with Gasteiger partial charge in [-0.3, -0.25) is 5.41 Å². The van der Waals surface area contributed by atoms with Gasteiger partial charge in [-0.1, -0.05) is 44.9 Å². The first-order valence-corrected chi connectivity index (χ1v) is 9.26. The van der Waals surface area contributed by atoms with Crippen LogP contribution in [0.25, 0.3) is 10.9 Å². The zero-order valence-electron chi connectivity index (χ0n) is 15.3. The number of nitrogens with zero attached hydrogens (tertiary/aromatic N) is 2. The first kappa shape index (κ1) is 17.9. The number of benzene rings is 1. The van der Waals surface area contributed by atoms with Crippen LogP contribution in [0.2, 0.25) is 0 Å². The van der Waals surface area contributed by atoms with Gasteiger partial charge in [-0.15, -0.1) is 0 Å². The molecule has 3 aromatic rings. The Bertz CT molecular complexity index is 859. The minimum Gasteiger partial charge on any atom is -0.383 e. The first-order chi connectivity index (χ1) is 12.7. The highest BCUT2D eigenvalue weighted by molar-refractivity contribution is 6.16. The largest absolute Gasteiger partial charge is 0.383 e. The average Bonchev–Trinajstić information content (AvgIpc) is 3.32. The van der Waals surface area contributed by atoms with Crippen molar-refractivity contribution in [1.29, 1.82) is 5.41 Å². The molecule has 0 aliphatic heterocycles. The Balaban J connectivity index is 0.000000948. The van der Waals surface area contributed by atoms with Gasteiger partial charge in [0.25, 0.3) is 0 Å². The van der Waals surface area contributed by atoms with Gasteiger partial charge < -0.3 is 16.0 Å². The molecule has 1 aliphatic rings. The van der Waals surface area contributed by atoms with E-state index in [1.54, 1.807) is 0 Å². The standard InChI is InChI=1S/C18H20N6.C2H6/c19-16(14-9-11-5-1-4-8-13(11)24-14)15-17(20)21-10-22-18(15)23-12-6-2-3-7-12;1-2/h1,4-5,8-10,12,19,24H,2-3,6-7H2,(H3,20,21,22,23);1-2H3. The van der Waals surface area contributed by atoms with E-state index >= 15 is 0 Å². The Hall–Kier alpha value is -2.89. The molecular weight excluding hydrogens is 324 g/mol. The van der Waals surface area contributed by atoms with E-state index in [-0.39, 0.29) is 0 Å². The van der Waals surface area contributed by atoms with Gasteiger partial charge in [-0.05, 0) is 25.0 Å². The number of nitrogen functional groups attached to an aromatic ring is 1. The van der Waals surface area contributed by atoms with Crippen molar-refractivity contribution in [2.24, 2.45) is 0 Å². The normalized spacial score (nSPS) is 14.1. The van der Waals surface area contributed by atoms with Crippen LogP contribution in [0.1, 0.15) is 50.8 Å². The Kier molecular flexibility index (Phi) is 5.51. The molecule has 5 N–H and O–H groups in total. The van der Waals surface area contributed by atoms with E-state index < -0.39 is 0 Å². The van der Waals surface area contributed by atoms with Crippen molar-refractivity contribution < 1.29 is 0 Å². The lowest BCUT2D eigenvalue weighted by atomic mass is 10.1. The van der Waals surface area contributed by atoms with Crippen molar-refractivity contribution in [3.8, 4) is 0 Å². The number of para-hydroxylation sites is 1. The number of fused-ring (bicyclic) bond motifs is 1. The second-order valence-corrected chi connectivity index (χ2v) is 6.25. The monoisotopic (exact) mass is 350 g/mol. The van der Waals surface area contributed by atoms with Crippen molar-refractivity contribution in [2.75, 3.05) is 11.1 Å². The van der Waals surface area contributed by atoms with Crippen LogP contribution in [0.15, 0.2) is 36.7 Å². The number of aromatic amines is 1. The zero-order chi connectivity index (χ0) is 18.5. The van der Waals surface area contributed by atoms with E-state index in [9.17, 15) is 0 Å². The Morgan fingerprint density at radius 1 is 1.19 bits per heavy atom. The SMILES string of the molecule is CC.N=C(c1cc2ccccc2[nH]1)c1c(N)ncnc1NC1CCCC1.